The van der Waals surface area contributed by atoms with Gasteiger partial charge in [0.05, 0.1) is 19.1 Å². The molecule has 10 heteroatoms. The van der Waals surface area contributed by atoms with E-state index in [1.807, 2.05) is 19.1 Å². The maximum atomic E-state index is 13.8. The number of ether oxygens (including phenoxy) is 1. The zero-order chi connectivity index (χ0) is 27.0. The maximum Gasteiger partial charge on any atom is 0.244 e. The van der Waals surface area contributed by atoms with Crippen LogP contribution in [0.15, 0.2) is 48.5 Å². The molecule has 0 heterocycles. The molecule has 1 saturated carbocycles. The quantitative estimate of drug-likeness (QED) is 0.449. The van der Waals surface area contributed by atoms with Gasteiger partial charge in [0.25, 0.3) is 0 Å². The number of rotatable bonds is 11. The largest absolute Gasteiger partial charge is 0.497 e. The number of hydrogen-bond acceptors (Lipinski definition) is 5. The average molecular weight is 550 g/mol. The van der Waals surface area contributed by atoms with E-state index in [2.05, 4.69) is 5.32 Å². The van der Waals surface area contributed by atoms with Crippen molar-refractivity contribution < 1.29 is 22.7 Å². The van der Waals surface area contributed by atoms with Crippen molar-refractivity contribution in [3.05, 3.63) is 59.1 Å². The van der Waals surface area contributed by atoms with Crippen molar-refractivity contribution in [1.82, 2.24) is 10.2 Å². The van der Waals surface area contributed by atoms with Crippen LogP contribution in [0, 0.1) is 0 Å². The van der Waals surface area contributed by atoms with E-state index in [0.717, 1.165) is 48.2 Å². The lowest BCUT2D eigenvalue weighted by Crippen LogP contribution is -2.53. The van der Waals surface area contributed by atoms with Crippen LogP contribution in [-0.4, -0.2) is 57.1 Å². The Morgan fingerprint density at radius 2 is 1.78 bits per heavy atom. The number of amides is 2. The number of nitrogens with zero attached hydrogens (tertiary/aromatic N) is 2. The van der Waals surface area contributed by atoms with Crippen molar-refractivity contribution in [2.45, 2.75) is 64.1 Å². The summed E-state index contributed by atoms with van der Waals surface area (Å²) in [6.45, 7) is 1.54. The van der Waals surface area contributed by atoms with Crippen LogP contribution in [0.3, 0.4) is 0 Å². The second-order valence-corrected chi connectivity index (χ2v) is 11.7. The lowest BCUT2D eigenvalue weighted by molar-refractivity contribution is -0.140. The van der Waals surface area contributed by atoms with Crippen molar-refractivity contribution in [1.29, 1.82) is 0 Å². The number of carbonyl (C=O) groups is 2. The Balaban J connectivity index is 1.91. The van der Waals surface area contributed by atoms with Crippen molar-refractivity contribution in [3.63, 3.8) is 0 Å². The highest BCUT2D eigenvalue weighted by Crippen LogP contribution is 2.24. The summed E-state index contributed by atoms with van der Waals surface area (Å²) in [6.07, 6.45) is 6.57. The molecule has 0 spiro atoms. The molecule has 0 aliphatic heterocycles. The molecule has 1 aliphatic carbocycles. The van der Waals surface area contributed by atoms with E-state index in [1.165, 1.54) is 11.0 Å². The molecule has 1 atom stereocenters. The summed E-state index contributed by atoms with van der Waals surface area (Å²) in [5.41, 5.74) is 1.08. The summed E-state index contributed by atoms with van der Waals surface area (Å²) < 4.78 is 31.6. The molecule has 202 valence electrons. The molecule has 0 unspecified atom stereocenters. The van der Waals surface area contributed by atoms with Crippen LogP contribution in [0.5, 0.6) is 5.75 Å². The molecule has 0 radical (unpaired) electrons. The maximum absolute atomic E-state index is 13.8. The summed E-state index contributed by atoms with van der Waals surface area (Å²) in [6, 6.07) is 12.9. The molecule has 0 aromatic heterocycles. The van der Waals surface area contributed by atoms with Crippen LogP contribution >= 0.6 is 11.6 Å². The summed E-state index contributed by atoms with van der Waals surface area (Å²) in [5, 5.41) is 3.48. The van der Waals surface area contributed by atoms with Gasteiger partial charge in [0, 0.05) is 17.6 Å². The molecule has 8 nitrogen and oxygen atoms in total. The van der Waals surface area contributed by atoms with Crippen LogP contribution in [0.1, 0.15) is 51.0 Å². The normalized spacial score (nSPS) is 15.0. The minimum atomic E-state index is -3.81. The van der Waals surface area contributed by atoms with Gasteiger partial charge in [0.2, 0.25) is 21.8 Å². The van der Waals surface area contributed by atoms with Crippen LogP contribution < -0.4 is 14.4 Å². The number of methoxy groups -OCH3 is 1. The van der Waals surface area contributed by atoms with Crippen LogP contribution in [0.2, 0.25) is 5.02 Å². The zero-order valence-corrected chi connectivity index (χ0v) is 23.2. The fourth-order valence-corrected chi connectivity index (χ4v) is 5.66. The third-order valence-electron chi connectivity index (χ3n) is 6.62. The Morgan fingerprint density at radius 1 is 1.11 bits per heavy atom. The van der Waals surface area contributed by atoms with Gasteiger partial charge in [-0.2, -0.15) is 0 Å². The number of carbonyl (C=O) groups excluding carboxylic acids is 2. The van der Waals surface area contributed by atoms with Gasteiger partial charge in [-0.1, -0.05) is 56.0 Å². The molecule has 0 bridgehead atoms. The number of benzene rings is 2. The SMILES string of the molecule is CC[C@@H](C(=O)NC1CCCCC1)N(Cc1ccc(OC)cc1)C(=O)CN(c1cccc(Cl)c1)S(C)(=O)=O. The van der Waals surface area contributed by atoms with Gasteiger partial charge in [0.15, 0.2) is 0 Å². The van der Waals surface area contributed by atoms with Gasteiger partial charge in [0.1, 0.15) is 18.3 Å². The van der Waals surface area contributed by atoms with Crippen LogP contribution in [0.25, 0.3) is 0 Å². The van der Waals surface area contributed by atoms with Gasteiger partial charge < -0.3 is 15.0 Å². The Labute approximate surface area is 225 Å². The highest BCUT2D eigenvalue weighted by molar-refractivity contribution is 7.92. The molecule has 0 saturated heterocycles. The number of halogens is 1. The van der Waals surface area contributed by atoms with Crippen molar-refractivity contribution in [2.75, 3.05) is 24.2 Å². The van der Waals surface area contributed by atoms with E-state index in [1.54, 1.807) is 37.4 Å². The standard InChI is InChI=1S/C27H36ClN3O5S/c1-4-25(27(33)29-22-10-6-5-7-11-22)30(18-20-13-15-24(36-2)16-14-20)26(32)19-31(37(3,34)35)23-12-8-9-21(28)17-23/h8-9,12-17,22,25H,4-7,10-11,18-19H2,1-3H3,(H,29,33)/t25-/m0/s1. The van der Waals surface area contributed by atoms with E-state index < -0.39 is 28.5 Å². The topological polar surface area (TPSA) is 96.0 Å². The van der Waals surface area contributed by atoms with Gasteiger partial charge in [-0.15, -0.1) is 0 Å². The monoisotopic (exact) mass is 549 g/mol. The van der Waals surface area contributed by atoms with Crippen LogP contribution in [0.4, 0.5) is 5.69 Å². The molecular formula is C27H36ClN3O5S. The first kappa shape index (κ1) is 28.8. The zero-order valence-electron chi connectivity index (χ0n) is 21.7. The van der Waals surface area contributed by atoms with E-state index >= 15 is 0 Å². The number of hydrogen-bond donors (Lipinski definition) is 1. The molecule has 1 aliphatic rings. The first-order chi connectivity index (χ1) is 17.6. The summed E-state index contributed by atoms with van der Waals surface area (Å²) >= 11 is 6.10. The highest BCUT2D eigenvalue weighted by atomic mass is 35.5. The summed E-state index contributed by atoms with van der Waals surface area (Å²) in [4.78, 5) is 28.6. The minimum Gasteiger partial charge on any atom is -0.497 e. The van der Waals surface area contributed by atoms with Gasteiger partial charge in [-0.05, 0) is 55.2 Å². The fourth-order valence-electron chi connectivity index (χ4n) is 4.64. The molecule has 2 amide bonds. The van der Waals surface area contributed by atoms with Crippen molar-refractivity contribution >= 4 is 39.1 Å². The van der Waals surface area contributed by atoms with E-state index in [9.17, 15) is 18.0 Å². The fraction of sp³-hybridized carbons (Fsp3) is 0.481. The number of sulfonamides is 1. The van der Waals surface area contributed by atoms with E-state index in [-0.39, 0.29) is 24.2 Å². The Kier molecular flexibility index (Phi) is 10.2. The smallest absolute Gasteiger partial charge is 0.244 e. The number of nitrogens with one attached hydrogen (secondary N) is 1. The summed E-state index contributed by atoms with van der Waals surface area (Å²) in [5.74, 6) is -0.0234. The molecule has 1 fully saturated rings. The van der Waals surface area contributed by atoms with Gasteiger partial charge in [-0.3, -0.25) is 13.9 Å². The Bertz CT molecular complexity index is 1170. The second kappa shape index (κ2) is 13.1. The predicted molar refractivity (Wildman–Crippen MR) is 146 cm³/mol. The molecule has 2 aromatic carbocycles. The number of anilines is 1. The first-order valence-electron chi connectivity index (χ1n) is 12.6. The minimum absolute atomic E-state index is 0.0900. The van der Waals surface area contributed by atoms with Crippen molar-refractivity contribution in [2.24, 2.45) is 0 Å². The molecule has 1 N–H and O–H groups in total. The van der Waals surface area contributed by atoms with Gasteiger partial charge in [-0.25, -0.2) is 8.42 Å². The predicted octanol–water partition coefficient (Wildman–Crippen LogP) is 4.37. The lowest BCUT2D eigenvalue weighted by atomic mass is 9.95. The van der Waals surface area contributed by atoms with E-state index in [4.69, 9.17) is 16.3 Å². The molecule has 2 aromatic rings. The molecular weight excluding hydrogens is 514 g/mol. The third-order valence-corrected chi connectivity index (χ3v) is 8.00. The van der Waals surface area contributed by atoms with E-state index in [0.29, 0.717) is 17.2 Å². The highest BCUT2D eigenvalue weighted by Gasteiger charge is 2.32. The Morgan fingerprint density at radius 3 is 2.35 bits per heavy atom. The van der Waals surface area contributed by atoms with Crippen molar-refractivity contribution in [3.8, 4) is 5.75 Å². The summed E-state index contributed by atoms with van der Waals surface area (Å²) in [7, 11) is -2.24. The Hall–Kier alpha value is -2.78. The van der Waals surface area contributed by atoms with Crippen LogP contribution in [-0.2, 0) is 26.2 Å². The molecule has 3 rings (SSSR count). The average Bonchev–Trinajstić information content (AvgIpc) is 2.87. The molecule has 37 heavy (non-hydrogen) atoms. The van der Waals surface area contributed by atoms with Gasteiger partial charge >= 0.3 is 0 Å². The first-order valence-corrected chi connectivity index (χ1v) is 14.8. The lowest BCUT2D eigenvalue weighted by Gasteiger charge is -2.34. The second-order valence-electron chi connectivity index (χ2n) is 9.39. The third kappa shape index (κ3) is 8.10.